The molecule has 0 aromatic heterocycles. The van der Waals surface area contributed by atoms with Gasteiger partial charge in [0.2, 0.25) is 0 Å². The fourth-order valence-corrected chi connectivity index (χ4v) is 11.4. The largest absolute Gasteiger partial charge is 0.472 e. The zero-order valence-electron chi connectivity index (χ0n) is 63.2. The van der Waals surface area contributed by atoms with Gasteiger partial charge in [-0.25, -0.2) is 9.13 Å². The van der Waals surface area contributed by atoms with Crippen molar-refractivity contribution in [2.75, 3.05) is 39.6 Å². The molecule has 0 radical (unpaired) electrons. The van der Waals surface area contributed by atoms with Crippen LogP contribution in [0.3, 0.4) is 0 Å². The van der Waals surface area contributed by atoms with Crippen LogP contribution in [-0.4, -0.2) is 96.7 Å². The highest BCUT2D eigenvalue weighted by atomic mass is 31.2. The fourth-order valence-electron chi connectivity index (χ4n) is 9.79. The molecule has 0 bridgehead atoms. The van der Waals surface area contributed by atoms with Crippen molar-refractivity contribution in [3.8, 4) is 0 Å². The Morgan fingerprint density at radius 3 is 0.912 bits per heavy atom. The van der Waals surface area contributed by atoms with Crippen LogP contribution in [0.5, 0.6) is 0 Å². The minimum atomic E-state index is -5.02. The molecule has 0 aliphatic rings. The first-order valence-corrected chi connectivity index (χ1v) is 41.7. The monoisotopic (exact) mass is 1470 g/mol. The van der Waals surface area contributed by atoms with Crippen LogP contribution in [0.2, 0.25) is 0 Å². The van der Waals surface area contributed by atoms with Gasteiger partial charge in [-0.2, -0.15) is 0 Å². The molecule has 5 atom stereocenters. The number of aliphatic hydroxyl groups excluding tert-OH is 1. The molecule has 0 aliphatic carbocycles. The second kappa shape index (κ2) is 74.0. The Balaban J connectivity index is 5.49. The van der Waals surface area contributed by atoms with Crippen molar-refractivity contribution in [2.45, 2.75) is 303 Å². The fraction of sp³-hybridized carbons (Fsp3) is 0.639. The van der Waals surface area contributed by atoms with E-state index in [1.807, 2.05) is 30.4 Å². The van der Waals surface area contributed by atoms with Crippen LogP contribution in [0.15, 0.2) is 158 Å². The molecule has 0 rings (SSSR count). The van der Waals surface area contributed by atoms with Gasteiger partial charge in [0.1, 0.15) is 19.3 Å². The second-order valence-corrected chi connectivity index (χ2v) is 28.1. The predicted molar refractivity (Wildman–Crippen MR) is 417 cm³/mol. The molecule has 0 saturated heterocycles. The molecular weight excluding hydrogens is 1330 g/mol. The zero-order chi connectivity index (χ0) is 74.6. The Kier molecular flexibility index (Phi) is 70.1. The van der Waals surface area contributed by atoms with E-state index in [-0.39, 0.29) is 25.7 Å². The molecule has 0 aromatic rings. The summed E-state index contributed by atoms with van der Waals surface area (Å²) in [5.74, 6) is -2.49. The maximum absolute atomic E-state index is 13.1. The molecule has 0 aromatic carbocycles. The molecule has 0 saturated carbocycles. The summed E-state index contributed by atoms with van der Waals surface area (Å²) >= 11 is 0. The van der Waals surface area contributed by atoms with Crippen molar-refractivity contribution in [3.63, 3.8) is 0 Å². The van der Waals surface area contributed by atoms with Crippen molar-refractivity contribution in [2.24, 2.45) is 0 Å². The molecule has 0 spiro atoms. The number of carbonyl (C=O) groups excluding carboxylic acids is 4. The molecule has 19 heteroatoms. The summed E-state index contributed by atoms with van der Waals surface area (Å²) in [5, 5.41) is 10.6. The van der Waals surface area contributed by atoms with Crippen molar-refractivity contribution < 1.29 is 80.2 Å². The number of hydrogen-bond donors (Lipinski definition) is 3. The molecule has 580 valence electrons. The van der Waals surface area contributed by atoms with Gasteiger partial charge in [0.25, 0.3) is 0 Å². The van der Waals surface area contributed by atoms with E-state index < -0.39 is 97.5 Å². The minimum Gasteiger partial charge on any atom is -0.462 e. The van der Waals surface area contributed by atoms with Crippen molar-refractivity contribution in [1.29, 1.82) is 0 Å². The highest BCUT2D eigenvalue weighted by Gasteiger charge is 2.30. The molecule has 0 fully saturated rings. The van der Waals surface area contributed by atoms with Gasteiger partial charge in [0.15, 0.2) is 12.2 Å². The molecule has 0 amide bonds. The Hall–Kier alpha value is -5.32. The van der Waals surface area contributed by atoms with Gasteiger partial charge in [-0.1, -0.05) is 308 Å². The van der Waals surface area contributed by atoms with E-state index in [2.05, 4.69) is 137 Å². The molecule has 0 heterocycles. The summed E-state index contributed by atoms with van der Waals surface area (Å²) in [6, 6.07) is 0. The highest BCUT2D eigenvalue weighted by Crippen LogP contribution is 2.45. The van der Waals surface area contributed by atoms with Gasteiger partial charge in [-0.3, -0.25) is 37.3 Å². The summed E-state index contributed by atoms with van der Waals surface area (Å²) in [7, 11) is -10.0. The zero-order valence-corrected chi connectivity index (χ0v) is 65.0. The third-order valence-corrected chi connectivity index (χ3v) is 17.5. The van der Waals surface area contributed by atoms with E-state index in [1.54, 1.807) is 18.2 Å². The lowest BCUT2D eigenvalue weighted by Gasteiger charge is -2.21. The summed E-state index contributed by atoms with van der Waals surface area (Å²) in [6.07, 6.45) is 85.8. The number of allylic oxidation sites excluding steroid dienone is 24. The van der Waals surface area contributed by atoms with Crippen LogP contribution in [0.1, 0.15) is 285 Å². The molecule has 5 unspecified atom stereocenters. The lowest BCUT2D eigenvalue weighted by molar-refractivity contribution is -0.161. The number of rotatable bonds is 71. The Bertz CT molecular complexity index is 2550. The molecular formula is C83H136O17P2. The Morgan fingerprint density at radius 2 is 0.559 bits per heavy atom. The highest BCUT2D eigenvalue weighted by molar-refractivity contribution is 7.47. The minimum absolute atomic E-state index is 0.0871. The van der Waals surface area contributed by atoms with E-state index in [0.717, 1.165) is 141 Å². The van der Waals surface area contributed by atoms with Gasteiger partial charge in [0.05, 0.1) is 39.3 Å². The first-order chi connectivity index (χ1) is 49.7. The molecule has 102 heavy (non-hydrogen) atoms. The van der Waals surface area contributed by atoms with Crippen molar-refractivity contribution in [3.05, 3.63) is 158 Å². The maximum Gasteiger partial charge on any atom is 0.472 e. The van der Waals surface area contributed by atoms with E-state index >= 15 is 0 Å². The standard InChI is InChI=1S/C83H136O17P2/c1-5-9-13-17-21-25-29-33-37-38-42-44-48-52-56-60-64-68-81(86)94-74-79(100-83(88)70-66-62-58-54-50-46-41-36-32-28-24-20-16-12-8-4)76-98-102(91,92)96-72-77(84)71-95-101(89,90)97-75-78(99-82(87)69-65-61-57-53-49-45-40-35-31-27-23-19-15-11-7-3)73-93-80(85)67-63-59-55-51-47-43-39-34-30-26-22-18-14-10-6-2/h9-11,13-15,21-23,25-27,33-35,37,39-40,47,49,51,53,59,61,63,65,77-79,84H,5-8,12,16-20,24,28-32,36,38,41-46,48,50,52,54-58,60,62,64,66-76H2,1-4H3,(H,89,90)(H,91,92)/b13-9-,14-10-,15-11-,25-21-,26-22-,27-23-,37-33-,39-34-,40-35-,51-47-,53-49-,63-59-,65-61-. The van der Waals surface area contributed by atoms with Crippen LogP contribution in [-0.2, 0) is 65.4 Å². The summed E-state index contributed by atoms with van der Waals surface area (Å²) < 4.78 is 68.3. The van der Waals surface area contributed by atoms with Crippen LogP contribution in [0.4, 0.5) is 0 Å². The second-order valence-electron chi connectivity index (χ2n) is 25.2. The van der Waals surface area contributed by atoms with Gasteiger partial charge < -0.3 is 33.8 Å². The lowest BCUT2D eigenvalue weighted by Crippen LogP contribution is -2.30. The maximum atomic E-state index is 13.1. The van der Waals surface area contributed by atoms with E-state index in [0.29, 0.717) is 25.7 Å². The smallest absolute Gasteiger partial charge is 0.462 e. The van der Waals surface area contributed by atoms with Crippen molar-refractivity contribution in [1.82, 2.24) is 0 Å². The third-order valence-electron chi connectivity index (χ3n) is 15.6. The van der Waals surface area contributed by atoms with Gasteiger partial charge in [0, 0.05) is 12.8 Å². The quantitative estimate of drug-likeness (QED) is 0.0169. The summed E-state index contributed by atoms with van der Waals surface area (Å²) in [4.78, 5) is 72.8. The lowest BCUT2D eigenvalue weighted by atomic mass is 10.0. The number of hydrogen-bond acceptors (Lipinski definition) is 15. The van der Waals surface area contributed by atoms with Crippen LogP contribution in [0, 0.1) is 0 Å². The summed E-state index contributed by atoms with van der Waals surface area (Å²) in [5.41, 5.74) is 0. The normalized spacial score (nSPS) is 14.8. The number of aliphatic hydroxyl groups is 1. The van der Waals surface area contributed by atoms with Crippen LogP contribution in [0.25, 0.3) is 0 Å². The number of unbranched alkanes of at least 4 members (excludes halogenated alkanes) is 21. The van der Waals surface area contributed by atoms with Gasteiger partial charge in [-0.15, -0.1) is 0 Å². The summed E-state index contributed by atoms with van der Waals surface area (Å²) in [6.45, 7) is 4.29. The van der Waals surface area contributed by atoms with E-state index in [1.165, 1.54) is 64.2 Å². The van der Waals surface area contributed by atoms with E-state index in [4.69, 9.17) is 37.0 Å². The van der Waals surface area contributed by atoms with E-state index in [9.17, 15) is 43.2 Å². The van der Waals surface area contributed by atoms with Crippen LogP contribution >= 0.6 is 15.6 Å². The Labute approximate surface area is 617 Å². The topological polar surface area (TPSA) is 237 Å². The van der Waals surface area contributed by atoms with Gasteiger partial charge >= 0.3 is 39.5 Å². The molecule has 17 nitrogen and oxygen atoms in total. The third kappa shape index (κ3) is 73.0. The first kappa shape index (κ1) is 96.7. The predicted octanol–water partition coefficient (Wildman–Crippen LogP) is 22.4. The number of phosphoric ester groups is 2. The Morgan fingerprint density at radius 1 is 0.294 bits per heavy atom. The van der Waals surface area contributed by atoms with Crippen molar-refractivity contribution >= 4 is 39.5 Å². The molecule has 0 aliphatic heterocycles. The SMILES string of the molecule is CC/C=C\C/C=C\C/C=C\C/C=C\C/C=C\CC(=O)OCC(COP(=O)(O)OCC(O)COP(=O)(O)OCC(COC(=O)CCCCCCCCC/C=C\C/C=C\C/C=C\CC)OC(=O)CCCCCCCCCCCCCCCCC)OC(=O)C/C=C\C/C=C\C/C=C\C/C=C\C/C=C\CC. The average Bonchev–Trinajstić information content (AvgIpc) is 0.926. The van der Waals surface area contributed by atoms with Gasteiger partial charge in [-0.05, 0) is 109 Å². The number of esters is 4. The van der Waals surface area contributed by atoms with Crippen LogP contribution < -0.4 is 0 Å². The number of carbonyl (C=O) groups is 4. The number of phosphoric acid groups is 2. The average molecular weight is 1470 g/mol. The molecule has 3 N–H and O–H groups in total. The number of ether oxygens (including phenoxy) is 4. The first-order valence-electron chi connectivity index (χ1n) is 38.7.